The predicted octanol–water partition coefficient (Wildman–Crippen LogP) is 4.16. The Bertz CT molecular complexity index is 807. The first-order valence-corrected chi connectivity index (χ1v) is 9.37. The number of fused-ring (bicyclic) bond motifs is 1. The largest absolute Gasteiger partial charge is 0.419 e. The minimum atomic E-state index is -0.428. The number of carbonyl (C=O) groups is 2. The van der Waals surface area contributed by atoms with E-state index in [9.17, 15) is 9.59 Å². The Kier molecular flexibility index (Phi) is 4.56. The zero-order valence-electron chi connectivity index (χ0n) is 15.2. The number of carbonyl (C=O) groups excluding carboxylic acids is 2. The summed E-state index contributed by atoms with van der Waals surface area (Å²) >= 11 is 0. The summed E-state index contributed by atoms with van der Waals surface area (Å²) in [5.74, 6) is 0.105. The van der Waals surface area contributed by atoms with Crippen LogP contribution in [0.15, 0.2) is 73.5 Å². The summed E-state index contributed by atoms with van der Waals surface area (Å²) in [6.45, 7) is 4.39. The van der Waals surface area contributed by atoms with Gasteiger partial charge in [0.1, 0.15) is 5.78 Å². The first-order valence-electron chi connectivity index (χ1n) is 9.37. The summed E-state index contributed by atoms with van der Waals surface area (Å²) in [6, 6.07) is 20.8. The Hall–Kier alpha value is -2.88. The van der Waals surface area contributed by atoms with Gasteiger partial charge in [0.15, 0.2) is 0 Å². The molecular weight excluding hydrogens is 338 g/mol. The van der Waals surface area contributed by atoms with E-state index in [1.54, 1.807) is 4.90 Å². The Labute approximate surface area is 159 Å². The maximum Gasteiger partial charge on any atom is 0.414 e. The van der Waals surface area contributed by atoms with Crippen LogP contribution in [0.2, 0.25) is 0 Å². The molecule has 1 saturated carbocycles. The molecule has 138 valence electrons. The average Bonchev–Trinajstić information content (AvgIpc) is 3.17. The van der Waals surface area contributed by atoms with E-state index < -0.39 is 6.09 Å². The molecule has 2 unspecified atom stereocenters. The quantitative estimate of drug-likeness (QED) is 0.771. The molecule has 2 atom stereocenters. The standard InChI is InChI=1S/C23H23NO3/c1-2-27-22(26)24-15-19-20(16-24)23(14-13-21(19)25,17-9-5-3-6-10-17)18-11-7-4-8-12-18/h2-12,19-20H,1,13-16H2. The van der Waals surface area contributed by atoms with Crippen LogP contribution in [0.4, 0.5) is 4.79 Å². The zero-order valence-corrected chi connectivity index (χ0v) is 15.2. The number of nitrogens with zero attached hydrogens (tertiary/aromatic N) is 1. The molecule has 4 rings (SSSR count). The summed E-state index contributed by atoms with van der Waals surface area (Å²) < 4.78 is 4.99. The van der Waals surface area contributed by atoms with Gasteiger partial charge in [-0.05, 0) is 17.5 Å². The van der Waals surface area contributed by atoms with Crippen LogP contribution in [0.3, 0.4) is 0 Å². The normalized spacial score (nSPS) is 23.6. The van der Waals surface area contributed by atoms with E-state index in [4.69, 9.17) is 4.74 Å². The number of Topliss-reactive ketones (excluding diaryl/α,β-unsaturated/α-hetero) is 1. The first kappa shape index (κ1) is 17.5. The molecule has 2 aromatic rings. The second-order valence-corrected chi connectivity index (χ2v) is 7.34. The second-order valence-electron chi connectivity index (χ2n) is 7.34. The zero-order chi connectivity index (χ0) is 18.9. The van der Waals surface area contributed by atoms with Crippen molar-refractivity contribution in [2.45, 2.75) is 18.3 Å². The second kappa shape index (κ2) is 7.03. The van der Waals surface area contributed by atoms with Crippen molar-refractivity contribution in [3.8, 4) is 0 Å². The highest BCUT2D eigenvalue weighted by Crippen LogP contribution is 2.52. The average molecular weight is 361 g/mol. The Morgan fingerprint density at radius 1 is 1.04 bits per heavy atom. The fraction of sp³-hybridized carbons (Fsp3) is 0.304. The molecule has 0 aromatic heterocycles. The van der Waals surface area contributed by atoms with Gasteiger partial charge in [-0.1, -0.05) is 67.2 Å². The molecule has 0 N–H and O–H groups in total. The summed E-state index contributed by atoms with van der Waals surface area (Å²) in [5, 5.41) is 0. The van der Waals surface area contributed by atoms with Crippen LogP contribution in [0.5, 0.6) is 0 Å². The third-order valence-corrected chi connectivity index (χ3v) is 6.15. The Morgan fingerprint density at radius 3 is 2.19 bits per heavy atom. The molecule has 0 bridgehead atoms. The molecule has 1 aliphatic carbocycles. The van der Waals surface area contributed by atoms with Crippen LogP contribution < -0.4 is 0 Å². The van der Waals surface area contributed by atoms with Crippen LogP contribution in [0, 0.1) is 11.8 Å². The summed E-state index contributed by atoms with van der Waals surface area (Å²) in [6.07, 6.45) is 2.00. The van der Waals surface area contributed by atoms with Crippen molar-refractivity contribution in [3.05, 3.63) is 84.6 Å². The van der Waals surface area contributed by atoms with Gasteiger partial charge in [0, 0.05) is 36.8 Å². The topological polar surface area (TPSA) is 46.6 Å². The lowest BCUT2D eigenvalue weighted by atomic mass is 9.56. The van der Waals surface area contributed by atoms with Crippen LogP contribution in [0.1, 0.15) is 24.0 Å². The fourth-order valence-corrected chi connectivity index (χ4v) is 4.97. The number of benzene rings is 2. The fourth-order valence-electron chi connectivity index (χ4n) is 4.97. The third kappa shape index (κ3) is 2.85. The third-order valence-electron chi connectivity index (χ3n) is 6.15. The van der Waals surface area contributed by atoms with Crippen molar-refractivity contribution in [3.63, 3.8) is 0 Å². The lowest BCUT2D eigenvalue weighted by Crippen LogP contribution is -2.47. The van der Waals surface area contributed by atoms with E-state index in [0.717, 1.165) is 12.7 Å². The molecule has 0 radical (unpaired) electrons. The van der Waals surface area contributed by atoms with Gasteiger partial charge in [-0.15, -0.1) is 0 Å². The van der Waals surface area contributed by atoms with Gasteiger partial charge < -0.3 is 9.64 Å². The van der Waals surface area contributed by atoms with Gasteiger partial charge in [0.2, 0.25) is 0 Å². The van der Waals surface area contributed by atoms with E-state index in [2.05, 4.69) is 30.8 Å². The lowest BCUT2D eigenvalue weighted by Gasteiger charge is -2.45. The van der Waals surface area contributed by atoms with Crippen LogP contribution in [-0.2, 0) is 14.9 Å². The summed E-state index contributed by atoms with van der Waals surface area (Å²) in [5.41, 5.74) is 2.12. The first-order chi connectivity index (χ1) is 13.2. The molecule has 1 amide bonds. The molecule has 4 nitrogen and oxygen atoms in total. The van der Waals surface area contributed by atoms with Crippen molar-refractivity contribution >= 4 is 11.9 Å². The summed E-state index contributed by atoms with van der Waals surface area (Å²) in [4.78, 5) is 26.7. The molecule has 27 heavy (non-hydrogen) atoms. The SMILES string of the molecule is C=COC(=O)N1CC2C(=O)CCC(c3ccccc3)(c3ccccc3)C2C1. The molecule has 1 heterocycles. The minimum absolute atomic E-state index is 0.0286. The van der Waals surface area contributed by atoms with E-state index in [1.165, 1.54) is 11.1 Å². The highest BCUT2D eigenvalue weighted by Gasteiger charge is 2.55. The number of hydrogen-bond donors (Lipinski definition) is 0. The monoisotopic (exact) mass is 361 g/mol. The van der Waals surface area contributed by atoms with E-state index >= 15 is 0 Å². The van der Waals surface area contributed by atoms with Crippen molar-refractivity contribution < 1.29 is 14.3 Å². The highest BCUT2D eigenvalue weighted by molar-refractivity contribution is 5.85. The van der Waals surface area contributed by atoms with Gasteiger partial charge >= 0.3 is 6.09 Å². The maximum absolute atomic E-state index is 12.8. The molecule has 2 aliphatic rings. The number of rotatable bonds is 3. The molecule has 2 aromatic carbocycles. The molecule has 4 heteroatoms. The Balaban J connectivity index is 1.83. The van der Waals surface area contributed by atoms with Crippen molar-refractivity contribution in [2.24, 2.45) is 11.8 Å². The summed E-state index contributed by atoms with van der Waals surface area (Å²) in [7, 11) is 0. The van der Waals surface area contributed by atoms with Crippen LogP contribution in [0.25, 0.3) is 0 Å². The minimum Gasteiger partial charge on any atom is -0.419 e. The number of ether oxygens (including phenoxy) is 1. The van der Waals surface area contributed by atoms with E-state index in [1.807, 2.05) is 36.4 Å². The predicted molar refractivity (Wildman–Crippen MR) is 103 cm³/mol. The van der Waals surface area contributed by atoms with Gasteiger partial charge in [-0.2, -0.15) is 0 Å². The van der Waals surface area contributed by atoms with E-state index in [0.29, 0.717) is 19.5 Å². The van der Waals surface area contributed by atoms with Crippen molar-refractivity contribution in [1.29, 1.82) is 0 Å². The van der Waals surface area contributed by atoms with Crippen molar-refractivity contribution in [2.75, 3.05) is 13.1 Å². The lowest BCUT2D eigenvalue weighted by molar-refractivity contribution is -0.126. The van der Waals surface area contributed by atoms with Gasteiger partial charge in [-0.25, -0.2) is 4.79 Å². The Morgan fingerprint density at radius 2 is 1.63 bits per heavy atom. The molecule has 1 saturated heterocycles. The van der Waals surface area contributed by atoms with E-state index in [-0.39, 0.29) is 23.0 Å². The van der Waals surface area contributed by atoms with Gasteiger partial charge in [0.05, 0.1) is 6.26 Å². The molecule has 2 fully saturated rings. The molecular formula is C23H23NO3. The highest BCUT2D eigenvalue weighted by atomic mass is 16.5. The maximum atomic E-state index is 12.8. The number of ketones is 1. The molecule has 1 aliphatic heterocycles. The number of likely N-dealkylation sites (tertiary alicyclic amines) is 1. The van der Waals surface area contributed by atoms with Crippen LogP contribution in [-0.4, -0.2) is 29.9 Å². The number of amides is 1. The van der Waals surface area contributed by atoms with Crippen molar-refractivity contribution in [1.82, 2.24) is 4.90 Å². The van der Waals surface area contributed by atoms with Crippen LogP contribution >= 0.6 is 0 Å². The van der Waals surface area contributed by atoms with Gasteiger partial charge in [-0.3, -0.25) is 4.79 Å². The molecule has 0 spiro atoms. The smallest absolute Gasteiger partial charge is 0.414 e. The van der Waals surface area contributed by atoms with Gasteiger partial charge in [0.25, 0.3) is 0 Å². The number of hydrogen-bond acceptors (Lipinski definition) is 3.